The minimum Gasteiger partial charge on any atom is -0.456 e. The monoisotopic (exact) mass is 334 g/mol. The Kier molecular flexibility index (Phi) is 4.63. The van der Waals surface area contributed by atoms with Crippen LogP contribution in [0.2, 0.25) is 0 Å². The van der Waals surface area contributed by atoms with Gasteiger partial charge in [0.25, 0.3) is 5.91 Å². The molecule has 0 spiro atoms. The van der Waals surface area contributed by atoms with Crippen molar-refractivity contribution >= 4 is 21.9 Å². The van der Waals surface area contributed by atoms with E-state index in [9.17, 15) is 13.2 Å². The largest absolute Gasteiger partial charge is 0.456 e. The van der Waals surface area contributed by atoms with Crippen molar-refractivity contribution in [1.29, 1.82) is 0 Å². The second kappa shape index (κ2) is 6.46. The number of hydrogen-bond acceptors (Lipinski definition) is 4. The Hall–Kier alpha value is -2.91. The number of amides is 1. The number of primary sulfonamides is 1. The van der Waals surface area contributed by atoms with Crippen LogP contribution < -0.4 is 21.3 Å². The molecular formula is C14H14N4O4S. The van der Waals surface area contributed by atoms with Gasteiger partial charge in [-0.1, -0.05) is 18.2 Å². The third-order valence-electron chi connectivity index (χ3n) is 2.70. The van der Waals surface area contributed by atoms with E-state index >= 15 is 0 Å². The molecule has 0 radical (unpaired) electrons. The molecule has 23 heavy (non-hydrogen) atoms. The average Bonchev–Trinajstić information content (AvgIpc) is 2.46. The third kappa shape index (κ3) is 4.28. The maximum absolute atomic E-state index is 11.8. The standard InChI is InChI=1S/C14H14N4O4S/c15-14(16)18-13(19)9-6-7-11(12(8-9)23(17,20)21)22-10-4-2-1-3-5-10/h1-8H,(H2,17,20,21)(H4,15,16,18,19). The van der Waals surface area contributed by atoms with Crippen LogP contribution in [0.25, 0.3) is 0 Å². The predicted molar refractivity (Wildman–Crippen MR) is 84.5 cm³/mol. The van der Waals surface area contributed by atoms with Crippen LogP contribution in [-0.4, -0.2) is 20.3 Å². The Bertz CT molecular complexity index is 860. The van der Waals surface area contributed by atoms with Gasteiger partial charge in [0.15, 0.2) is 5.96 Å². The van der Waals surface area contributed by atoms with Crippen molar-refractivity contribution in [1.82, 2.24) is 0 Å². The number of nitrogens with two attached hydrogens (primary N) is 3. The fraction of sp³-hybridized carbons (Fsp3) is 0. The Labute approximate surface area is 132 Å². The van der Waals surface area contributed by atoms with Gasteiger partial charge in [-0.15, -0.1) is 0 Å². The van der Waals surface area contributed by atoms with Crippen molar-refractivity contribution in [3.63, 3.8) is 0 Å². The highest BCUT2D eigenvalue weighted by Gasteiger charge is 2.19. The van der Waals surface area contributed by atoms with E-state index in [1.165, 1.54) is 12.1 Å². The van der Waals surface area contributed by atoms with Crippen LogP contribution >= 0.6 is 0 Å². The summed E-state index contributed by atoms with van der Waals surface area (Å²) in [7, 11) is -4.13. The SMILES string of the molecule is NC(N)=NC(=O)c1ccc(Oc2ccccc2)c(S(N)(=O)=O)c1. The van der Waals surface area contributed by atoms with Crippen LogP contribution in [-0.2, 0) is 10.0 Å². The molecule has 0 fully saturated rings. The number of aliphatic imine (C=N–C) groups is 1. The first kappa shape index (κ1) is 16.5. The number of guanidine groups is 1. The lowest BCUT2D eigenvalue weighted by Crippen LogP contribution is -2.24. The topological polar surface area (TPSA) is 151 Å². The molecule has 0 aromatic heterocycles. The van der Waals surface area contributed by atoms with Gasteiger partial charge in [0.05, 0.1) is 0 Å². The first-order valence-electron chi connectivity index (χ1n) is 6.31. The van der Waals surface area contributed by atoms with Gasteiger partial charge in [0.2, 0.25) is 10.0 Å². The lowest BCUT2D eigenvalue weighted by atomic mass is 10.2. The Morgan fingerprint density at radius 1 is 1.04 bits per heavy atom. The van der Waals surface area contributed by atoms with E-state index in [0.29, 0.717) is 5.75 Å². The van der Waals surface area contributed by atoms with Crippen LogP contribution in [0.4, 0.5) is 0 Å². The van der Waals surface area contributed by atoms with Crippen LogP contribution in [0.15, 0.2) is 58.4 Å². The zero-order valence-corrected chi connectivity index (χ0v) is 12.7. The van der Waals surface area contributed by atoms with Crippen molar-refractivity contribution in [2.75, 3.05) is 0 Å². The summed E-state index contributed by atoms with van der Waals surface area (Å²) in [6.07, 6.45) is 0. The second-order valence-electron chi connectivity index (χ2n) is 4.46. The zero-order valence-electron chi connectivity index (χ0n) is 11.8. The van der Waals surface area contributed by atoms with Crippen molar-refractivity contribution in [2.45, 2.75) is 4.90 Å². The second-order valence-corrected chi connectivity index (χ2v) is 5.99. The molecule has 0 aliphatic carbocycles. The highest BCUT2D eigenvalue weighted by Crippen LogP contribution is 2.29. The van der Waals surface area contributed by atoms with Crippen LogP contribution in [0.3, 0.4) is 0 Å². The van der Waals surface area contributed by atoms with E-state index in [1.54, 1.807) is 30.3 Å². The van der Waals surface area contributed by atoms with Crippen LogP contribution in [0.1, 0.15) is 10.4 Å². The zero-order chi connectivity index (χ0) is 17.0. The van der Waals surface area contributed by atoms with Gasteiger partial charge in [-0.05, 0) is 30.3 Å². The van der Waals surface area contributed by atoms with Crippen molar-refractivity contribution in [2.24, 2.45) is 21.6 Å². The molecule has 0 heterocycles. The molecule has 6 N–H and O–H groups in total. The van der Waals surface area contributed by atoms with Crippen molar-refractivity contribution in [3.05, 3.63) is 54.1 Å². The number of ether oxygens (including phenoxy) is 1. The maximum atomic E-state index is 11.8. The van der Waals surface area contributed by atoms with Crippen molar-refractivity contribution in [3.8, 4) is 11.5 Å². The van der Waals surface area contributed by atoms with E-state index in [4.69, 9.17) is 21.3 Å². The molecule has 0 bridgehead atoms. The van der Waals surface area contributed by atoms with Crippen molar-refractivity contribution < 1.29 is 17.9 Å². The van der Waals surface area contributed by atoms with E-state index in [-0.39, 0.29) is 16.2 Å². The maximum Gasteiger partial charge on any atom is 0.280 e. The number of rotatable bonds is 4. The Morgan fingerprint density at radius 2 is 1.70 bits per heavy atom. The summed E-state index contributed by atoms with van der Waals surface area (Å²) in [6.45, 7) is 0. The van der Waals surface area contributed by atoms with Crippen LogP contribution in [0, 0.1) is 0 Å². The fourth-order valence-corrected chi connectivity index (χ4v) is 2.43. The summed E-state index contributed by atoms with van der Waals surface area (Å²) in [5.74, 6) is -0.821. The summed E-state index contributed by atoms with van der Waals surface area (Å²) < 4.78 is 29.0. The lowest BCUT2D eigenvalue weighted by molar-refractivity contribution is 0.100. The average molecular weight is 334 g/mol. The summed E-state index contributed by atoms with van der Waals surface area (Å²) >= 11 is 0. The highest BCUT2D eigenvalue weighted by molar-refractivity contribution is 7.89. The van der Waals surface area contributed by atoms with E-state index in [2.05, 4.69) is 4.99 Å². The molecule has 2 rings (SSSR count). The molecule has 0 saturated heterocycles. The highest BCUT2D eigenvalue weighted by atomic mass is 32.2. The molecule has 9 heteroatoms. The molecule has 2 aromatic rings. The fourth-order valence-electron chi connectivity index (χ4n) is 1.75. The minimum atomic E-state index is -4.13. The van der Waals surface area contributed by atoms with Gasteiger partial charge < -0.3 is 16.2 Å². The van der Waals surface area contributed by atoms with Gasteiger partial charge in [0, 0.05) is 5.56 Å². The number of carbonyl (C=O) groups excluding carboxylic acids is 1. The summed E-state index contributed by atoms with van der Waals surface area (Å²) in [5.41, 5.74) is 10.2. The first-order valence-corrected chi connectivity index (χ1v) is 7.86. The molecule has 1 amide bonds. The molecule has 0 aliphatic rings. The molecule has 0 aliphatic heterocycles. The number of carbonyl (C=O) groups is 1. The Balaban J connectivity index is 2.48. The number of hydrogen-bond donors (Lipinski definition) is 3. The van der Waals surface area contributed by atoms with Gasteiger partial charge in [-0.2, -0.15) is 4.99 Å². The van der Waals surface area contributed by atoms with E-state index in [1.807, 2.05) is 0 Å². The number of nitrogens with zero attached hydrogens (tertiary/aromatic N) is 1. The lowest BCUT2D eigenvalue weighted by Gasteiger charge is -2.10. The molecule has 0 saturated carbocycles. The molecule has 120 valence electrons. The van der Waals surface area contributed by atoms with Gasteiger partial charge in [-0.25, -0.2) is 13.6 Å². The number of sulfonamides is 1. The minimum absolute atomic E-state index is 0.0139. The summed E-state index contributed by atoms with van der Waals surface area (Å²) in [4.78, 5) is 14.8. The van der Waals surface area contributed by atoms with Crippen LogP contribution in [0.5, 0.6) is 11.5 Å². The molecule has 0 unspecified atom stereocenters. The summed E-state index contributed by atoms with van der Waals surface area (Å²) in [5, 5.41) is 5.18. The summed E-state index contributed by atoms with van der Waals surface area (Å²) in [6, 6.07) is 12.2. The number of benzene rings is 2. The molecule has 2 aromatic carbocycles. The van der Waals surface area contributed by atoms with Gasteiger partial charge in [0.1, 0.15) is 16.4 Å². The first-order chi connectivity index (χ1) is 10.8. The third-order valence-corrected chi connectivity index (χ3v) is 3.63. The molecular weight excluding hydrogens is 320 g/mol. The van der Waals surface area contributed by atoms with E-state index < -0.39 is 21.9 Å². The predicted octanol–water partition coefficient (Wildman–Crippen LogP) is 0.540. The molecule has 8 nitrogen and oxygen atoms in total. The smallest absolute Gasteiger partial charge is 0.280 e. The molecule has 0 atom stereocenters. The van der Waals surface area contributed by atoms with Gasteiger partial charge in [-0.3, -0.25) is 4.79 Å². The Morgan fingerprint density at radius 3 is 2.26 bits per heavy atom. The van der Waals surface area contributed by atoms with Gasteiger partial charge >= 0.3 is 0 Å². The van der Waals surface area contributed by atoms with E-state index in [0.717, 1.165) is 6.07 Å². The number of para-hydroxylation sites is 1. The quantitative estimate of drug-likeness (QED) is 0.548. The normalized spacial score (nSPS) is 10.8.